The summed E-state index contributed by atoms with van der Waals surface area (Å²) in [4.78, 5) is 29.5. The molecule has 218 valence electrons. The molecular weight excluding hydrogens is 541 g/mol. The Labute approximate surface area is 242 Å². The molecule has 41 heavy (non-hydrogen) atoms. The second kappa shape index (κ2) is 13.8. The van der Waals surface area contributed by atoms with Crippen LogP contribution in [0.1, 0.15) is 48.8 Å². The third kappa shape index (κ3) is 8.63. The first-order valence-corrected chi connectivity index (χ1v) is 15.9. The molecule has 0 radical (unpaired) electrons. The molecule has 0 bridgehead atoms. The van der Waals surface area contributed by atoms with Crippen molar-refractivity contribution < 1.29 is 22.4 Å². The summed E-state index contributed by atoms with van der Waals surface area (Å²) in [5.41, 5.74) is 2.71. The predicted octanol–water partition coefficient (Wildman–Crippen LogP) is 4.99. The maximum Gasteiger partial charge on any atom is 0.244 e. The molecule has 1 fully saturated rings. The topological polar surface area (TPSA) is 86.8 Å². The SMILES string of the molecule is Cc1cccc(N(CC(=O)N(Cc2ccc(F)cc2)C(Cc2ccccc2)C(=O)NC2CCCCC2)S(C)(=O)=O)c1. The van der Waals surface area contributed by atoms with Crippen LogP contribution < -0.4 is 9.62 Å². The van der Waals surface area contributed by atoms with E-state index in [1.165, 1.54) is 17.0 Å². The Hall–Kier alpha value is -3.72. The first kappa shape index (κ1) is 30.2. The van der Waals surface area contributed by atoms with Crippen molar-refractivity contribution in [3.05, 3.63) is 101 Å². The summed E-state index contributed by atoms with van der Waals surface area (Å²) < 4.78 is 40.6. The van der Waals surface area contributed by atoms with Crippen molar-refractivity contribution >= 4 is 27.5 Å². The molecule has 0 saturated heterocycles. The highest BCUT2D eigenvalue weighted by molar-refractivity contribution is 7.92. The number of hydrogen-bond donors (Lipinski definition) is 1. The van der Waals surface area contributed by atoms with Gasteiger partial charge < -0.3 is 10.2 Å². The number of amides is 2. The van der Waals surface area contributed by atoms with Gasteiger partial charge in [-0.25, -0.2) is 12.8 Å². The van der Waals surface area contributed by atoms with Crippen LogP contribution in [-0.4, -0.2) is 50.0 Å². The zero-order chi connectivity index (χ0) is 29.4. The minimum absolute atomic E-state index is 0.0140. The number of aryl methyl sites for hydroxylation is 1. The van der Waals surface area contributed by atoms with E-state index in [0.29, 0.717) is 11.3 Å². The van der Waals surface area contributed by atoms with E-state index in [0.717, 1.165) is 53.8 Å². The van der Waals surface area contributed by atoms with Crippen molar-refractivity contribution in [3.8, 4) is 0 Å². The van der Waals surface area contributed by atoms with Gasteiger partial charge in [-0.3, -0.25) is 13.9 Å². The Morgan fingerprint density at radius 1 is 0.927 bits per heavy atom. The summed E-state index contributed by atoms with van der Waals surface area (Å²) in [6.45, 7) is 1.38. The summed E-state index contributed by atoms with van der Waals surface area (Å²) in [5, 5.41) is 3.17. The van der Waals surface area contributed by atoms with Gasteiger partial charge in [-0.2, -0.15) is 0 Å². The number of hydrogen-bond acceptors (Lipinski definition) is 4. The molecule has 0 heterocycles. The molecule has 1 N–H and O–H groups in total. The largest absolute Gasteiger partial charge is 0.352 e. The van der Waals surface area contributed by atoms with Crippen molar-refractivity contribution in [2.75, 3.05) is 17.1 Å². The Morgan fingerprint density at radius 2 is 1.61 bits per heavy atom. The van der Waals surface area contributed by atoms with Crippen LogP contribution in [0.25, 0.3) is 0 Å². The molecule has 0 spiro atoms. The van der Waals surface area contributed by atoms with Gasteiger partial charge in [0.15, 0.2) is 0 Å². The molecule has 3 aromatic rings. The summed E-state index contributed by atoms with van der Waals surface area (Å²) in [6.07, 6.45) is 6.27. The second-order valence-corrected chi connectivity index (χ2v) is 12.7. The molecule has 1 aliphatic carbocycles. The molecule has 7 nitrogen and oxygen atoms in total. The average molecular weight is 580 g/mol. The minimum Gasteiger partial charge on any atom is -0.352 e. The number of nitrogens with zero attached hydrogens (tertiary/aromatic N) is 2. The van der Waals surface area contributed by atoms with E-state index in [-0.39, 0.29) is 24.9 Å². The number of rotatable bonds is 11. The number of nitrogens with one attached hydrogen (secondary N) is 1. The van der Waals surface area contributed by atoms with Gasteiger partial charge >= 0.3 is 0 Å². The molecule has 4 rings (SSSR count). The predicted molar refractivity (Wildman–Crippen MR) is 159 cm³/mol. The molecule has 0 aromatic heterocycles. The Morgan fingerprint density at radius 3 is 2.24 bits per heavy atom. The maximum atomic E-state index is 14.1. The zero-order valence-corrected chi connectivity index (χ0v) is 24.4. The number of benzene rings is 3. The lowest BCUT2D eigenvalue weighted by Gasteiger charge is -2.35. The van der Waals surface area contributed by atoms with Crippen LogP contribution in [0, 0.1) is 12.7 Å². The fourth-order valence-corrected chi connectivity index (χ4v) is 6.12. The molecule has 9 heteroatoms. The first-order chi connectivity index (χ1) is 19.6. The van der Waals surface area contributed by atoms with Gasteiger partial charge in [-0.1, -0.05) is 73.9 Å². The molecule has 1 aliphatic rings. The number of carbonyl (C=O) groups is 2. The van der Waals surface area contributed by atoms with Crippen LogP contribution in [0.15, 0.2) is 78.9 Å². The van der Waals surface area contributed by atoms with Gasteiger partial charge in [-0.05, 0) is 60.7 Å². The fraction of sp³-hybridized carbons (Fsp3) is 0.375. The van der Waals surface area contributed by atoms with E-state index in [1.54, 1.807) is 30.3 Å². The first-order valence-electron chi connectivity index (χ1n) is 14.0. The van der Waals surface area contributed by atoms with Gasteiger partial charge in [0.25, 0.3) is 0 Å². The summed E-state index contributed by atoms with van der Waals surface area (Å²) in [5.74, 6) is -1.22. The van der Waals surface area contributed by atoms with Crippen molar-refractivity contribution in [3.63, 3.8) is 0 Å². The van der Waals surface area contributed by atoms with Crippen LogP contribution in [0.4, 0.5) is 10.1 Å². The summed E-state index contributed by atoms with van der Waals surface area (Å²) in [6, 6.07) is 21.2. The highest BCUT2D eigenvalue weighted by atomic mass is 32.2. The molecule has 0 aliphatic heterocycles. The zero-order valence-electron chi connectivity index (χ0n) is 23.6. The smallest absolute Gasteiger partial charge is 0.244 e. The van der Waals surface area contributed by atoms with E-state index < -0.39 is 34.3 Å². The van der Waals surface area contributed by atoms with Crippen LogP contribution in [-0.2, 0) is 32.6 Å². The Balaban J connectivity index is 1.71. The van der Waals surface area contributed by atoms with Gasteiger partial charge in [0.1, 0.15) is 18.4 Å². The van der Waals surface area contributed by atoms with Gasteiger partial charge in [-0.15, -0.1) is 0 Å². The number of halogens is 1. The molecule has 1 unspecified atom stereocenters. The second-order valence-electron chi connectivity index (χ2n) is 10.8. The fourth-order valence-electron chi connectivity index (χ4n) is 5.28. The third-order valence-electron chi connectivity index (χ3n) is 7.46. The van der Waals surface area contributed by atoms with E-state index >= 15 is 0 Å². The van der Waals surface area contributed by atoms with Gasteiger partial charge in [0.2, 0.25) is 21.8 Å². The summed E-state index contributed by atoms with van der Waals surface area (Å²) in [7, 11) is -3.83. The molecule has 2 amide bonds. The van der Waals surface area contributed by atoms with Gasteiger partial charge in [0.05, 0.1) is 11.9 Å². The molecule has 3 aromatic carbocycles. The third-order valence-corrected chi connectivity index (χ3v) is 8.60. The van der Waals surface area contributed by atoms with Crippen LogP contribution in [0.2, 0.25) is 0 Å². The van der Waals surface area contributed by atoms with Crippen molar-refractivity contribution in [2.24, 2.45) is 0 Å². The van der Waals surface area contributed by atoms with Crippen LogP contribution in [0.5, 0.6) is 0 Å². The van der Waals surface area contributed by atoms with Crippen LogP contribution >= 0.6 is 0 Å². The van der Waals surface area contributed by atoms with E-state index in [2.05, 4.69) is 5.32 Å². The van der Waals surface area contributed by atoms with Crippen molar-refractivity contribution in [1.29, 1.82) is 0 Å². The normalized spacial score (nSPS) is 14.7. The molecular formula is C32H38FN3O4S. The lowest BCUT2D eigenvalue weighted by Crippen LogP contribution is -2.55. The lowest BCUT2D eigenvalue weighted by molar-refractivity contribution is -0.140. The maximum absolute atomic E-state index is 14.1. The number of sulfonamides is 1. The average Bonchev–Trinajstić information content (AvgIpc) is 2.95. The monoisotopic (exact) mass is 579 g/mol. The van der Waals surface area contributed by atoms with Gasteiger partial charge in [0, 0.05) is 19.0 Å². The van der Waals surface area contributed by atoms with Crippen molar-refractivity contribution in [1.82, 2.24) is 10.2 Å². The Kier molecular flexibility index (Phi) is 10.2. The van der Waals surface area contributed by atoms with Crippen LogP contribution in [0.3, 0.4) is 0 Å². The Bertz CT molecular complexity index is 1420. The van der Waals surface area contributed by atoms with E-state index in [4.69, 9.17) is 0 Å². The quantitative estimate of drug-likeness (QED) is 0.347. The molecule has 1 atom stereocenters. The molecule has 1 saturated carbocycles. The van der Waals surface area contributed by atoms with E-state index in [1.807, 2.05) is 43.3 Å². The highest BCUT2D eigenvalue weighted by Crippen LogP contribution is 2.23. The van der Waals surface area contributed by atoms with Crippen molar-refractivity contribution in [2.45, 2.75) is 64.1 Å². The summed E-state index contributed by atoms with van der Waals surface area (Å²) >= 11 is 0. The highest BCUT2D eigenvalue weighted by Gasteiger charge is 2.34. The minimum atomic E-state index is -3.83. The lowest BCUT2D eigenvalue weighted by atomic mass is 9.94. The standard InChI is InChI=1S/C32H38FN3O4S/c1-24-10-9-15-29(20-24)36(41(2,39)40)23-31(37)35(22-26-16-18-27(33)19-17-26)30(21-25-11-5-3-6-12-25)32(38)34-28-13-7-4-8-14-28/h3,5-6,9-12,15-20,28,30H,4,7-8,13-14,21-23H2,1-2H3,(H,34,38). The number of carbonyl (C=O) groups excluding carboxylic acids is 2. The van der Waals surface area contributed by atoms with E-state index in [9.17, 15) is 22.4 Å². The number of anilines is 1.